The Morgan fingerprint density at radius 2 is 1.94 bits per heavy atom. The Hall–Kier alpha value is -0.120. The van der Waals surface area contributed by atoms with Crippen molar-refractivity contribution in [2.75, 3.05) is 26.3 Å². The van der Waals surface area contributed by atoms with Crippen LogP contribution in [-0.2, 0) is 4.74 Å². The van der Waals surface area contributed by atoms with E-state index in [9.17, 15) is 5.11 Å². The molecule has 16 heavy (non-hydrogen) atoms. The van der Waals surface area contributed by atoms with Crippen LogP contribution >= 0.6 is 0 Å². The molecular weight excluding hydrogens is 202 g/mol. The molecule has 1 heterocycles. The fourth-order valence-corrected chi connectivity index (χ4v) is 2.01. The minimum atomic E-state index is -0.171. The van der Waals surface area contributed by atoms with Crippen molar-refractivity contribution in [2.45, 2.75) is 46.1 Å². The molecule has 0 bridgehead atoms. The van der Waals surface area contributed by atoms with Gasteiger partial charge in [-0.2, -0.15) is 0 Å². The Morgan fingerprint density at radius 3 is 2.50 bits per heavy atom. The van der Waals surface area contributed by atoms with Gasteiger partial charge in [-0.05, 0) is 37.1 Å². The summed E-state index contributed by atoms with van der Waals surface area (Å²) >= 11 is 0. The van der Waals surface area contributed by atoms with Crippen molar-refractivity contribution in [1.29, 1.82) is 0 Å². The first-order valence-corrected chi connectivity index (χ1v) is 6.50. The predicted molar refractivity (Wildman–Crippen MR) is 66.5 cm³/mol. The second-order valence-corrected chi connectivity index (χ2v) is 5.70. The van der Waals surface area contributed by atoms with E-state index < -0.39 is 0 Å². The molecule has 3 heteroatoms. The third kappa shape index (κ3) is 4.81. The highest BCUT2D eigenvalue weighted by Gasteiger charge is 2.26. The van der Waals surface area contributed by atoms with E-state index in [-0.39, 0.29) is 6.10 Å². The molecule has 1 atom stereocenters. The molecule has 0 radical (unpaired) electrons. The van der Waals surface area contributed by atoms with Gasteiger partial charge in [0.25, 0.3) is 0 Å². The maximum atomic E-state index is 9.67. The molecule has 0 spiro atoms. The lowest BCUT2D eigenvalue weighted by Crippen LogP contribution is -2.38. The Labute approximate surface area is 99.6 Å². The minimum Gasteiger partial charge on any atom is -0.393 e. The number of hydrogen-bond donors (Lipinski definition) is 2. The molecule has 1 saturated heterocycles. The van der Waals surface area contributed by atoms with Gasteiger partial charge in [-0.1, -0.05) is 20.8 Å². The molecule has 0 saturated carbocycles. The van der Waals surface area contributed by atoms with Crippen LogP contribution in [0.2, 0.25) is 0 Å². The number of rotatable bonds is 6. The third-order valence-corrected chi connectivity index (χ3v) is 3.64. The average Bonchev–Trinajstić information content (AvgIpc) is 2.25. The first-order valence-electron chi connectivity index (χ1n) is 6.50. The Balaban J connectivity index is 2.10. The van der Waals surface area contributed by atoms with Gasteiger partial charge in [0, 0.05) is 19.8 Å². The van der Waals surface area contributed by atoms with Gasteiger partial charge in [0.05, 0.1) is 6.10 Å². The molecule has 1 aliphatic rings. The van der Waals surface area contributed by atoms with Gasteiger partial charge in [-0.3, -0.25) is 0 Å². The second-order valence-electron chi connectivity index (χ2n) is 5.70. The molecule has 0 aliphatic carbocycles. The van der Waals surface area contributed by atoms with E-state index >= 15 is 0 Å². The van der Waals surface area contributed by atoms with Gasteiger partial charge in [-0.15, -0.1) is 0 Å². The summed E-state index contributed by atoms with van der Waals surface area (Å²) in [5, 5.41) is 13.1. The van der Waals surface area contributed by atoms with Crippen molar-refractivity contribution >= 4 is 0 Å². The van der Waals surface area contributed by atoms with Crippen LogP contribution in [-0.4, -0.2) is 37.5 Å². The molecular formula is C13H27NO2. The lowest BCUT2D eigenvalue weighted by molar-refractivity contribution is 0.0235. The van der Waals surface area contributed by atoms with E-state index in [0.717, 1.165) is 45.6 Å². The summed E-state index contributed by atoms with van der Waals surface area (Å²) in [7, 11) is 0. The van der Waals surface area contributed by atoms with E-state index in [2.05, 4.69) is 26.1 Å². The summed E-state index contributed by atoms with van der Waals surface area (Å²) in [5.74, 6) is 0.362. The number of aliphatic hydroxyl groups excluding tert-OH is 1. The summed E-state index contributed by atoms with van der Waals surface area (Å²) in [4.78, 5) is 0. The highest BCUT2D eigenvalue weighted by molar-refractivity contribution is 4.79. The van der Waals surface area contributed by atoms with Crippen LogP contribution in [0.15, 0.2) is 0 Å². The van der Waals surface area contributed by atoms with Gasteiger partial charge < -0.3 is 15.2 Å². The first kappa shape index (κ1) is 13.9. The van der Waals surface area contributed by atoms with Gasteiger partial charge in [0.1, 0.15) is 0 Å². The van der Waals surface area contributed by atoms with Crippen LogP contribution in [0.5, 0.6) is 0 Å². The highest BCUT2D eigenvalue weighted by atomic mass is 16.5. The normalized spacial score (nSPS) is 22.3. The quantitative estimate of drug-likeness (QED) is 0.682. The summed E-state index contributed by atoms with van der Waals surface area (Å²) < 4.78 is 5.37. The number of aliphatic hydroxyl groups is 1. The van der Waals surface area contributed by atoms with Gasteiger partial charge in [0.15, 0.2) is 0 Å². The van der Waals surface area contributed by atoms with Crippen LogP contribution in [0.25, 0.3) is 0 Å². The standard InChI is InChI=1S/C13H27NO2/c1-11(2)12(15)4-7-14-10-13(3)5-8-16-9-6-13/h11-12,14-15H,4-10H2,1-3H3. The maximum Gasteiger partial charge on any atom is 0.0575 e. The zero-order valence-corrected chi connectivity index (χ0v) is 11.0. The van der Waals surface area contributed by atoms with Crippen LogP contribution in [0.3, 0.4) is 0 Å². The SMILES string of the molecule is CC(C)C(O)CCNCC1(C)CCOCC1. The maximum absolute atomic E-state index is 9.67. The Kier molecular flexibility index (Phi) is 5.73. The van der Waals surface area contributed by atoms with Crippen molar-refractivity contribution in [3.8, 4) is 0 Å². The van der Waals surface area contributed by atoms with Crippen molar-refractivity contribution in [3.05, 3.63) is 0 Å². The molecule has 3 nitrogen and oxygen atoms in total. The molecule has 0 aromatic heterocycles. The van der Waals surface area contributed by atoms with E-state index in [1.165, 1.54) is 0 Å². The molecule has 1 aliphatic heterocycles. The molecule has 0 aromatic rings. The average molecular weight is 229 g/mol. The van der Waals surface area contributed by atoms with E-state index in [1.807, 2.05) is 0 Å². The van der Waals surface area contributed by atoms with E-state index in [0.29, 0.717) is 11.3 Å². The lowest BCUT2D eigenvalue weighted by atomic mass is 9.82. The smallest absolute Gasteiger partial charge is 0.0575 e. The number of ether oxygens (including phenoxy) is 1. The first-order chi connectivity index (χ1) is 7.53. The molecule has 96 valence electrons. The van der Waals surface area contributed by atoms with Gasteiger partial charge >= 0.3 is 0 Å². The molecule has 0 amide bonds. The molecule has 0 aromatic carbocycles. The van der Waals surface area contributed by atoms with Crippen molar-refractivity contribution in [1.82, 2.24) is 5.32 Å². The van der Waals surface area contributed by atoms with E-state index in [1.54, 1.807) is 0 Å². The van der Waals surface area contributed by atoms with Gasteiger partial charge in [0.2, 0.25) is 0 Å². The van der Waals surface area contributed by atoms with E-state index in [4.69, 9.17) is 4.74 Å². The van der Waals surface area contributed by atoms with Gasteiger partial charge in [-0.25, -0.2) is 0 Å². The minimum absolute atomic E-state index is 0.171. The summed E-state index contributed by atoms with van der Waals surface area (Å²) in [6, 6.07) is 0. The third-order valence-electron chi connectivity index (χ3n) is 3.64. The zero-order chi connectivity index (χ0) is 12.0. The lowest BCUT2D eigenvalue weighted by Gasteiger charge is -2.33. The monoisotopic (exact) mass is 229 g/mol. The van der Waals surface area contributed by atoms with Crippen molar-refractivity contribution < 1.29 is 9.84 Å². The number of nitrogens with one attached hydrogen (secondary N) is 1. The van der Waals surface area contributed by atoms with Crippen molar-refractivity contribution in [2.24, 2.45) is 11.3 Å². The van der Waals surface area contributed by atoms with Crippen molar-refractivity contribution in [3.63, 3.8) is 0 Å². The molecule has 1 fully saturated rings. The second kappa shape index (κ2) is 6.58. The number of hydrogen-bond acceptors (Lipinski definition) is 3. The van der Waals surface area contributed by atoms with Crippen LogP contribution in [0.1, 0.15) is 40.0 Å². The van der Waals surface area contributed by atoms with Crippen LogP contribution < -0.4 is 5.32 Å². The van der Waals surface area contributed by atoms with Crippen LogP contribution in [0.4, 0.5) is 0 Å². The topological polar surface area (TPSA) is 41.5 Å². The molecule has 2 N–H and O–H groups in total. The predicted octanol–water partition coefficient (Wildman–Crippen LogP) is 1.80. The highest BCUT2D eigenvalue weighted by Crippen LogP contribution is 2.28. The fourth-order valence-electron chi connectivity index (χ4n) is 2.01. The van der Waals surface area contributed by atoms with Crippen LogP contribution in [0, 0.1) is 11.3 Å². The summed E-state index contributed by atoms with van der Waals surface area (Å²) in [6.07, 6.45) is 2.97. The molecule has 1 unspecified atom stereocenters. The largest absolute Gasteiger partial charge is 0.393 e. The summed E-state index contributed by atoms with van der Waals surface area (Å²) in [5.41, 5.74) is 0.390. The Morgan fingerprint density at radius 1 is 1.31 bits per heavy atom. The molecule has 1 rings (SSSR count). The fraction of sp³-hybridized carbons (Fsp3) is 1.00. The Bertz CT molecular complexity index is 188. The summed E-state index contributed by atoms with van der Waals surface area (Å²) in [6.45, 7) is 10.2. The zero-order valence-electron chi connectivity index (χ0n) is 11.0.